The molecule has 0 saturated heterocycles. The molecule has 21 heavy (non-hydrogen) atoms. The van der Waals surface area contributed by atoms with Crippen molar-refractivity contribution in [2.75, 3.05) is 6.54 Å². The Labute approximate surface area is 140 Å². The van der Waals surface area contributed by atoms with Crippen LogP contribution in [0.15, 0.2) is 42.5 Å². The largest absolute Gasteiger partial charge is 0.310 e. The normalized spacial score (nSPS) is 12.4. The lowest BCUT2D eigenvalue weighted by Gasteiger charge is -2.21. The van der Waals surface area contributed by atoms with Crippen LogP contribution in [0.4, 0.5) is 4.39 Å². The van der Waals surface area contributed by atoms with E-state index in [0.717, 1.165) is 18.5 Å². The fourth-order valence-corrected chi connectivity index (χ4v) is 3.17. The van der Waals surface area contributed by atoms with Gasteiger partial charge in [-0.1, -0.05) is 43.3 Å². The van der Waals surface area contributed by atoms with Gasteiger partial charge in [0.15, 0.2) is 0 Å². The van der Waals surface area contributed by atoms with Gasteiger partial charge in [0.2, 0.25) is 0 Å². The zero-order chi connectivity index (χ0) is 15.2. The zero-order valence-corrected chi connectivity index (χ0v) is 14.7. The van der Waals surface area contributed by atoms with E-state index < -0.39 is 0 Å². The lowest BCUT2D eigenvalue weighted by Crippen LogP contribution is -2.25. The smallest absolute Gasteiger partial charge is 0.126 e. The number of halogens is 2. The van der Waals surface area contributed by atoms with Crippen LogP contribution >= 0.6 is 22.6 Å². The summed E-state index contributed by atoms with van der Waals surface area (Å²) in [5.74, 6) is -0.122. The van der Waals surface area contributed by atoms with Crippen molar-refractivity contribution >= 4 is 22.6 Å². The van der Waals surface area contributed by atoms with Crippen LogP contribution in [0.3, 0.4) is 0 Å². The van der Waals surface area contributed by atoms with Crippen LogP contribution in [0, 0.1) is 16.3 Å². The minimum atomic E-state index is -0.122. The van der Waals surface area contributed by atoms with Crippen molar-refractivity contribution in [2.24, 2.45) is 0 Å². The van der Waals surface area contributed by atoms with Gasteiger partial charge in [-0.3, -0.25) is 0 Å². The Balaban J connectivity index is 2.30. The Morgan fingerprint density at radius 1 is 1.14 bits per heavy atom. The van der Waals surface area contributed by atoms with Gasteiger partial charge in [-0.25, -0.2) is 4.39 Å². The third-order valence-corrected chi connectivity index (χ3v) is 5.09. The summed E-state index contributed by atoms with van der Waals surface area (Å²) < 4.78 is 15.2. The molecular formula is C18H21FIN. The lowest BCUT2D eigenvalue weighted by molar-refractivity contribution is 0.511. The summed E-state index contributed by atoms with van der Waals surface area (Å²) >= 11 is 2.39. The molecule has 0 aliphatic rings. The molecule has 1 atom stereocenters. The number of hydrogen-bond donors (Lipinski definition) is 1. The molecule has 1 N–H and O–H groups in total. The van der Waals surface area contributed by atoms with Crippen LogP contribution < -0.4 is 5.32 Å². The van der Waals surface area contributed by atoms with Gasteiger partial charge in [-0.15, -0.1) is 0 Å². The van der Waals surface area contributed by atoms with Gasteiger partial charge in [-0.2, -0.15) is 0 Å². The second-order valence-corrected chi connectivity index (χ2v) is 6.36. The summed E-state index contributed by atoms with van der Waals surface area (Å²) in [6.07, 6.45) is 1.74. The third kappa shape index (κ3) is 4.27. The summed E-state index contributed by atoms with van der Waals surface area (Å²) in [4.78, 5) is 0. The van der Waals surface area contributed by atoms with Gasteiger partial charge < -0.3 is 5.32 Å². The van der Waals surface area contributed by atoms with E-state index in [9.17, 15) is 4.39 Å². The molecule has 0 bridgehead atoms. The fourth-order valence-electron chi connectivity index (χ4n) is 2.43. The highest BCUT2D eigenvalue weighted by atomic mass is 127. The fraction of sp³-hybridized carbons (Fsp3) is 0.333. The highest BCUT2D eigenvalue weighted by molar-refractivity contribution is 14.1. The Morgan fingerprint density at radius 2 is 1.90 bits per heavy atom. The summed E-state index contributed by atoms with van der Waals surface area (Å²) in [6.45, 7) is 5.20. The lowest BCUT2D eigenvalue weighted by atomic mass is 9.97. The highest BCUT2D eigenvalue weighted by Gasteiger charge is 2.17. The van der Waals surface area contributed by atoms with Crippen LogP contribution in [-0.2, 0) is 6.42 Å². The number of nitrogens with one attached hydrogen (secondary N) is 1. The quantitative estimate of drug-likeness (QED) is 0.675. The molecule has 0 saturated carbocycles. The molecule has 3 heteroatoms. The average molecular weight is 397 g/mol. The molecule has 0 fully saturated rings. The van der Waals surface area contributed by atoms with Crippen molar-refractivity contribution < 1.29 is 4.39 Å². The molecular weight excluding hydrogens is 376 g/mol. The SMILES string of the molecule is CCCNC(Cc1ccccc1F)c1cccc(C)c1I. The molecule has 1 unspecified atom stereocenters. The second kappa shape index (κ2) is 7.90. The maximum absolute atomic E-state index is 13.9. The maximum Gasteiger partial charge on any atom is 0.126 e. The zero-order valence-electron chi connectivity index (χ0n) is 12.5. The van der Waals surface area contributed by atoms with Crippen molar-refractivity contribution in [1.82, 2.24) is 5.32 Å². The molecule has 2 aromatic rings. The Hall–Kier alpha value is -0.940. The molecule has 0 radical (unpaired) electrons. The van der Waals surface area contributed by atoms with Crippen LogP contribution in [-0.4, -0.2) is 6.54 Å². The van der Waals surface area contributed by atoms with E-state index in [1.807, 2.05) is 12.1 Å². The van der Waals surface area contributed by atoms with Gasteiger partial charge >= 0.3 is 0 Å². The van der Waals surface area contributed by atoms with E-state index in [0.29, 0.717) is 6.42 Å². The summed E-state index contributed by atoms with van der Waals surface area (Å²) in [5.41, 5.74) is 3.29. The van der Waals surface area contributed by atoms with E-state index in [2.05, 4.69) is 60.0 Å². The van der Waals surface area contributed by atoms with Gasteiger partial charge in [0.25, 0.3) is 0 Å². The third-order valence-electron chi connectivity index (χ3n) is 3.62. The van der Waals surface area contributed by atoms with Crippen LogP contribution in [0.5, 0.6) is 0 Å². The number of benzene rings is 2. The first-order valence-corrected chi connectivity index (χ1v) is 8.43. The Kier molecular flexibility index (Phi) is 6.18. The molecule has 0 aliphatic heterocycles. The first-order chi connectivity index (χ1) is 10.1. The first-order valence-electron chi connectivity index (χ1n) is 7.35. The first kappa shape index (κ1) is 16.4. The number of aryl methyl sites for hydroxylation is 1. The predicted molar refractivity (Wildman–Crippen MR) is 95.0 cm³/mol. The molecule has 0 heterocycles. The minimum absolute atomic E-state index is 0.122. The molecule has 0 aliphatic carbocycles. The predicted octanol–water partition coefficient (Wildman–Crippen LogP) is 5.02. The van der Waals surface area contributed by atoms with E-state index in [-0.39, 0.29) is 11.9 Å². The average Bonchev–Trinajstić information content (AvgIpc) is 2.48. The van der Waals surface area contributed by atoms with Crippen molar-refractivity contribution in [3.8, 4) is 0 Å². The van der Waals surface area contributed by atoms with Gasteiger partial charge in [-0.05, 0) is 71.7 Å². The number of rotatable bonds is 6. The summed E-state index contributed by atoms with van der Waals surface area (Å²) in [5, 5.41) is 3.56. The van der Waals surface area contributed by atoms with Crippen molar-refractivity contribution in [3.05, 3.63) is 68.5 Å². The van der Waals surface area contributed by atoms with Crippen molar-refractivity contribution in [2.45, 2.75) is 32.7 Å². The van der Waals surface area contributed by atoms with E-state index >= 15 is 0 Å². The van der Waals surface area contributed by atoms with Crippen LogP contribution in [0.2, 0.25) is 0 Å². The van der Waals surface area contributed by atoms with Crippen LogP contribution in [0.1, 0.15) is 36.1 Å². The Morgan fingerprint density at radius 3 is 2.62 bits per heavy atom. The second-order valence-electron chi connectivity index (χ2n) is 5.28. The van der Waals surface area contributed by atoms with E-state index in [1.165, 1.54) is 20.8 Å². The topological polar surface area (TPSA) is 12.0 Å². The van der Waals surface area contributed by atoms with Gasteiger partial charge in [0, 0.05) is 9.61 Å². The molecule has 1 nitrogen and oxygen atoms in total. The molecule has 2 rings (SSSR count). The van der Waals surface area contributed by atoms with Crippen molar-refractivity contribution in [1.29, 1.82) is 0 Å². The van der Waals surface area contributed by atoms with Gasteiger partial charge in [0.1, 0.15) is 5.82 Å². The molecule has 0 aromatic heterocycles. The highest BCUT2D eigenvalue weighted by Crippen LogP contribution is 2.26. The van der Waals surface area contributed by atoms with E-state index in [4.69, 9.17) is 0 Å². The van der Waals surface area contributed by atoms with E-state index in [1.54, 1.807) is 6.07 Å². The maximum atomic E-state index is 13.9. The molecule has 2 aromatic carbocycles. The number of hydrogen-bond acceptors (Lipinski definition) is 1. The minimum Gasteiger partial charge on any atom is -0.310 e. The Bertz CT molecular complexity index is 598. The van der Waals surface area contributed by atoms with Gasteiger partial charge in [0.05, 0.1) is 0 Å². The van der Waals surface area contributed by atoms with Crippen molar-refractivity contribution in [3.63, 3.8) is 0 Å². The molecule has 0 amide bonds. The monoisotopic (exact) mass is 397 g/mol. The summed E-state index contributed by atoms with van der Waals surface area (Å²) in [6, 6.07) is 13.5. The molecule has 0 spiro atoms. The van der Waals surface area contributed by atoms with Crippen LogP contribution in [0.25, 0.3) is 0 Å². The standard InChI is InChI=1S/C18H21FIN/c1-3-11-21-17(12-14-8-4-5-10-16(14)19)15-9-6-7-13(2)18(15)20/h4-10,17,21H,3,11-12H2,1-2H3. The molecule has 112 valence electrons. The summed E-state index contributed by atoms with van der Waals surface area (Å²) in [7, 11) is 0.